The number of ether oxygens (including phenoxy) is 1. The van der Waals surface area contributed by atoms with Gasteiger partial charge in [0.25, 0.3) is 11.6 Å². The van der Waals surface area contributed by atoms with Gasteiger partial charge in [-0.1, -0.05) is 61.4 Å². The van der Waals surface area contributed by atoms with Crippen molar-refractivity contribution in [2.75, 3.05) is 6.54 Å². The summed E-state index contributed by atoms with van der Waals surface area (Å²) in [7, 11) is 0. The molecule has 1 amide bonds. The third kappa shape index (κ3) is 6.07. The molecular formula is C32H29N3O4S. The zero-order valence-electron chi connectivity index (χ0n) is 22.4. The number of amidine groups is 1. The highest BCUT2D eigenvalue weighted by Gasteiger charge is 2.33. The van der Waals surface area contributed by atoms with E-state index in [0.29, 0.717) is 22.4 Å². The largest absolute Gasteiger partial charge is 0.488 e. The summed E-state index contributed by atoms with van der Waals surface area (Å²) < 4.78 is 6.22. The summed E-state index contributed by atoms with van der Waals surface area (Å²) >= 11 is 1.38. The quantitative estimate of drug-likeness (QED) is 0.119. The second-order valence-corrected chi connectivity index (χ2v) is 10.6. The number of aryl methyl sites for hydroxylation is 1. The summed E-state index contributed by atoms with van der Waals surface area (Å²) in [5.41, 5.74) is 3.61. The van der Waals surface area contributed by atoms with E-state index in [1.54, 1.807) is 17.0 Å². The number of non-ortho nitro benzene ring substituents is 1. The van der Waals surface area contributed by atoms with Crippen molar-refractivity contribution in [3.8, 4) is 5.75 Å². The summed E-state index contributed by atoms with van der Waals surface area (Å²) in [6.45, 7) is 4.97. The van der Waals surface area contributed by atoms with Gasteiger partial charge in [0, 0.05) is 24.2 Å². The Morgan fingerprint density at radius 1 is 1.00 bits per heavy atom. The molecule has 0 aliphatic carbocycles. The van der Waals surface area contributed by atoms with Crippen molar-refractivity contribution in [3.63, 3.8) is 0 Å². The number of rotatable bonds is 9. The number of hydrogen-bond donors (Lipinski definition) is 0. The van der Waals surface area contributed by atoms with Crippen molar-refractivity contribution in [1.82, 2.24) is 4.90 Å². The summed E-state index contributed by atoms with van der Waals surface area (Å²) in [6, 6.07) is 26.1. The minimum absolute atomic E-state index is 0.0346. The molecule has 0 aromatic heterocycles. The van der Waals surface area contributed by atoms with Gasteiger partial charge in [-0.2, -0.15) is 0 Å². The van der Waals surface area contributed by atoms with Gasteiger partial charge in [0.2, 0.25) is 0 Å². The number of nitro groups is 1. The van der Waals surface area contributed by atoms with Gasteiger partial charge in [-0.15, -0.1) is 0 Å². The topological polar surface area (TPSA) is 85.0 Å². The molecule has 0 saturated carbocycles. The fraction of sp³-hybridized carbons (Fsp3) is 0.188. The average Bonchev–Trinajstić information content (AvgIpc) is 3.25. The van der Waals surface area contributed by atoms with Crippen LogP contribution < -0.4 is 4.74 Å². The van der Waals surface area contributed by atoms with Crippen molar-refractivity contribution in [3.05, 3.63) is 117 Å². The molecule has 4 aromatic carbocycles. The van der Waals surface area contributed by atoms with Crippen molar-refractivity contribution < 1.29 is 14.5 Å². The van der Waals surface area contributed by atoms with Gasteiger partial charge in [0.15, 0.2) is 5.17 Å². The molecule has 7 nitrogen and oxygen atoms in total. The van der Waals surface area contributed by atoms with Crippen LogP contribution >= 0.6 is 11.8 Å². The predicted molar refractivity (Wildman–Crippen MR) is 162 cm³/mol. The standard InChI is InChI=1S/C32H29N3O4S/c1-3-4-19-34-31(36)30(40-32(34)33-25-14-9-22(2)10-15-25)20-28-27-8-6-5-7-24(27)13-18-29(28)39-21-23-11-16-26(17-12-23)35(37)38/h5-18,20H,3-4,19,21H2,1-2H3/b30-20+,33-32?. The summed E-state index contributed by atoms with van der Waals surface area (Å²) in [5, 5.41) is 13.7. The number of nitro benzene ring substituents is 1. The Kier molecular flexibility index (Phi) is 8.26. The van der Waals surface area contributed by atoms with Crippen LogP contribution in [0.2, 0.25) is 0 Å². The first kappa shape index (κ1) is 27.1. The molecule has 4 aromatic rings. The van der Waals surface area contributed by atoms with Crippen molar-refractivity contribution in [1.29, 1.82) is 0 Å². The molecule has 1 aliphatic heterocycles. The van der Waals surface area contributed by atoms with E-state index < -0.39 is 4.92 Å². The fourth-order valence-corrected chi connectivity index (χ4v) is 5.40. The summed E-state index contributed by atoms with van der Waals surface area (Å²) in [4.78, 5) is 31.4. The third-order valence-corrected chi connectivity index (χ3v) is 7.64. The van der Waals surface area contributed by atoms with E-state index in [4.69, 9.17) is 9.73 Å². The molecular weight excluding hydrogens is 522 g/mol. The van der Waals surface area contributed by atoms with Crippen LogP contribution in [0.4, 0.5) is 11.4 Å². The minimum Gasteiger partial charge on any atom is -0.488 e. The van der Waals surface area contributed by atoms with Crippen LogP contribution in [-0.4, -0.2) is 27.4 Å². The molecule has 1 saturated heterocycles. The van der Waals surface area contributed by atoms with Crippen LogP contribution in [0.1, 0.15) is 36.5 Å². The van der Waals surface area contributed by atoms with Crippen LogP contribution in [0.5, 0.6) is 5.75 Å². The number of fused-ring (bicyclic) bond motifs is 1. The number of unbranched alkanes of at least 4 members (excludes halogenated alkanes) is 1. The van der Waals surface area contributed by atoms with Crippen LogP contribution in [-0.2, 0) is 11.4 Å². The second kappa shape index (κ2) is 12.2. The predicted octanol–water partition coefficient (Wildman–Crippen LogP) is 8.04. The number of benzene rings is 4. The Bertz CT molecular complexity index is 1610. The molecule has 0 radical (unpaired) electrons. The highest BCUT2D eigenvalue weighted by molar-refractivity contribution is 8.18. The molecule has 1 fully saturated rings. The number of hydrogen-bond acceptors (Lipinski definition) is 6. The van der Waals surface area contributed by atoms with Crippen LogP contribution in [0.25, 0.3) is 16.8 Å². The molecule has 0 N–H and O–H groups in total. The first-order valence-electron chi connectivity index (χ1n) is 13.2. The van der Waals surface area contributed by atoms with Crippen molar-refractivity contribution >= 4 is 51.1 Å². The lowest BCUT2D eigenvalue weighted by molar-refractivity contribution is -0.384. The van der Waals surface area contributed by atoms with Gasteiger partial charge in [-0.25, -0.2) is 4.99 Å². The number of amides is 1. The van der Waals surface area contributed by atoms with Crippen molar-refractivity contribution in [2.45, 2.75) is 33.3 Å². The third-order valence-electron chi connectivity index (χ3n) is 6.63. The Labute approximate surface area is 237 Å². The lowest BCUT2D eigenvalue weighted by atomic mass is 10.0. The molecule has 1 heterocycles. The number of carbonyl (C=O) groups is 1. The van der Waals surface area contributed by atoms with Gasteiger partial charge in [-0.3, -0.25) is 19.8 Å². The molecule has 8 heteroatoms. The lowest BCUT2D eigenvalue weighted by Gasteiger charge is -2.15. The van der Waals surface area contributed by atoms with Crippen LogP contribution in [0, 0.1) is 17.0 Å². The smallest absolute Gasteiger partial charge is 0.269 e. The Morgan fingerprint density at radius 2 is 1.75 bits per heavy atom. The highest BCUT2D eigenvalue weighted by Crippen LogP contribution is 2.38. The van der Waals surface area contributed by atoms with Gasteiger partial charge >= 0.3 is 0 Å². The average molecular weight is 552 g/mol. The molecule has 5 rings (SSSR count). The van der Waals surface area contributed by atoms with E-state index >= 15 is 0 Å². The monoisotopic (exact) mass is 551 g/mol. The van der Waals surface area contributed by atoms with Gasteiger partial charge in [-0.05, 0) is 77.9 Å². The van der Waals surface area contributed by atoms with Gasteiger partial charge < -0.3 is 4.74 Å². The molecule has 202 valence electrons. The van der Waals surface area contributed by atoms with E-state index in [1.807, 2.05) is 73.7 Å². The number of aliphatic imine (C=N–C) groups is 1. The number of nitrogens with zero attached hydrogens (tertiary/aromatic N) is 3. The van der Waals surface area contributed by atoms with E-state index in [1.165, 1.54) is 23.9 Å². The maximum absolute atomic E-state index is 13.6. The molecule has 0 spiro atoms. The zero-order chi connectivity index (χ0) is 28.1. The first-order valence-corrected chi connectivity index (χ1v) is 14.0. The fourth-order valence-electron chi connectivity index (χ4n) is 4.39. The Hall–Kier alpha value is -4.43. The number of carbonyl (C=O) groups excluding carboxylic acids is 1. The summed E-state index contributed by atoms with van der Waals surface area (Å²) in [6.07, 6.45) is 3.75. The SMILES string of the molecule is CCCCN1C(=O)/C(=C\c2c(OCc3ccc([N+](=O)[O-])cc3)ccc3ccccc23)SC1=Nc1ccc(C)cc1. The first-order chi connectivity index (χ1) is 19.4. The maximum atomic E-state index is 13.6. The van der Waals surface area contributed by atoms with E-state index in [0.717, 1.165) is 46.0 Å². The molecule has 0 atom stereocenters. The van der Waals surface area contributed by atoms with Crippen LogP contribution in [0.3, 0.4) is 0 Å². The minimum atomic E-state index is -0.422. The van der Waals surface area contributed by atoms with E-state index in [-0.39, 0.29) is 18.2 Å². The van der Waals surface area contributed by atoms with E-state index in [2.05, 4.69) is 6.92 Å². The Balaban J connectivity index is 1.50. The maximum Gasteiger partial charge on any atom is 0.269 e. The molecule has 1 aliphatic rings. The Morgan fingerprint density at radius 3 is 2.48 bits per heavy atom. The zero-order valence-corrected chi connectivity index (χ0v) is 23.2. The molecule has 0 unspecified atom stereocenters. The molecule has 40 heavy (non-hydrogen) atoms. The van der Waals surface area contributed by atoms with E-state index in [9.17, 15) is 14.9 Å². The number of thioether (sulfide) groups is 1. The normalized spacial score (nSPS) is 15.3. The lowest BCUT2D eigenvalue weighted by Crippen LogP contribution is -2.30. The van der Waals surface area contributed by atoms with Crippen LogP contribution in [0.15, 0.2) is 94.8 Å². The van der Waals surface area contributed by atoms with Gasteiger partial charge in [0.05, 0.1) is 15.5 Å². The highest BCUT2D eigenvalue weighted by atomic mass is 32.2. The molecule has 0 bridgehead atoms. The van der Waals surface area contributed by atoms with Gasteiger partial charge in [0.1, 0.15) is 12.4 Å². The summed E-state index contributed by atoms with van der Waals surface area (Å²) in [5.74, 6) is 0.556. The van der Waals surface area contributed by atoms with Crippen molar-refractivity contribution in [2.24, 2.45) is 4.99 Å². The second-order valence-electron chi connectivity index (χ2n) is 9.56.